The highest BCUT2D eigenvalue weighted by molar-refractivity contribution is 6.02. The molecule has 0 heterocycles. The molecule has 2 rings (SSSR count). The number of aliphatic imine (C=N–C) groups is 1. The minimum atomic E-state index is -0.421. The summed E-state index contributed by atoms with van der Waals surface area (Å²) in [7, 11) is 0. The third-order valence-electron chi connectivity index (χ3n) is 2.77. The van der Waals surface area contributed by atoms with Crippen LogP contribution in [0.5, 0.6) is 0 Å². The van der Waals surface area contributed by atoms with Crippen LogP contribution in [0, 0.1) is 10.1 Å². The van der Waals surface area contributed by atoms with Crippen LogP contribution >= 0.6 is 0 Å². The molecule has 0 bridgehead atoms. The predicted molar refractivity (Wildman–Crippen MR) is 80.5 cm³/mol. The van der Waals surface area contributed by atoms with Crippen LogP contribution in [0.2, 0.25) is 0 Å². The highest BCUT2D eigenvalue weighted by Crippen LogP contribution is 2.20. The molecule has 0 aromatic heterocycles. The third kappa shape index (κ3) is 3.38. The van der Waals surface area contributed by atoms with Gasteiger partial charge in [0, 0.05) is 18.6 Å². The number of nitrogens with zero attached hydrogens (tertiary/aromatic N) is 2. The molecular formula is C16H14N2O2. The average molecular weight is 266 g/mol. The second kappa shape index (κ2) is 6.43. The fraction of sp³-hybridized carbons (Fsp3) is 0.0625. The Hall–Kier alpha value is -2.75. The van der Waals surface area contributed by atoms with E-state index in [0.717, 1.165) is 11.3 Å². The summed E-state index contributed by atoms with van der Waals surface area (Å²) < 4.78 is 0. The van der Waals surface area contributed by atoms with E-state index in [4.69, 9.17) is 0 Å². The Morgan fingerprint density at radius 2 is 1.80 bits per heavy atom. The Labute approximate surface area is 117 Å². The van der Waals surface area contributed by atoms with Crippen LogP contribution in [0.25, 0.3) is 0 Å². The van der Waals surface area contributed by atoms with E-state index in [1.807, 2.05) is 30.3 Å². The molecule has 0 fully saturated rings. The summed E-state index contributed by atoms with van der Waals surface area (Å²) in [6.07, 6.45) is 2.43. The maximum absolute atomic E-state index is 10.6. The van der Waals surface area contributed by atoms with Gasteiger partial charge in [0.1, 0.15) is 0 Å². The summed E-state index contributed by atoms with van der Waals surface area (Å²) in [5.74, 6) is 0. The molecule has 20 heavy (non-hydrogen) atoms. The van der Waals surface area contributed by atoms with Gasteiger partial charge < -0.3 is 0 Å². The van der Waals surface area contributed by atoms with Crippen LogP contribution in [0.3, 0.4) is 0 Å². The van der Waals surface area contributed by atoms with Crippen molar-refractivity contribution in [1.82, 2.24) is 0 Å². The highest BCUT2D eigenvalue weighted by Gasteiger charge is 2.05. The zero-order valence-corrected chi connectivity index (χ0v) is 10.9. The van der Waals surface area contributed by atoms with Crippen LogP contribution in [-0.2, 0) is 0 Å². The van der Waals surface area contributed by atoms with Gasteiger partial charge in [-0.15, -0.1) is 6.58 Å². The summed E-state index contributed by atoms with van der Waals surface area (Å²) in [4.78, 5) is 14.7. The first kappa shape index (κ1) is 13.7. The topological polar surface area (TPSA) is 55.5 Å². The zero-order chi connectivity index (χ0) is 14.4. The number of rotatable bonds is 5. The number of nitro benzene ring substituents is 1. The Balaban J connectivity index is 2.33. The molecule has 0 N–H and O–H groups in total. The van der Waals surface area contributed by atoms with E-state index in [9.17, 15) is 10.1 Å². The number of hydrogen-bond acceptors (Lipinski definition) is 3. The third-order valence-corrected chi connectivity index (χ3v) is 2.77. The van der Waals surface area contributed by atoms with E-state index in [0.29, 0.717) is 12.1 Å². The number of benzene rings is 2. The molecule has 0 saturated carbocycles. The van der Waals surface area contributed by atoms with Gasteiger partial charge >= 0.3 is 0 Å². The van der Waals surface area contributed by atoms with E-state index < -0.39 is 4.92 Å². The quantitative estimate of drug-likeness (QED) is 0.351. The number of non-ortho nitro benzene ring substituents is 1. The second-order valence-corrected chi connectivity index (χ2v) is 4.19. The van der Waals surface area contributed by atoms with Crippen molar-refractivity contribution in [1.29, 1.82) is 0 Å². The maximum atomic E-state index is 10.6. The minimum absolute atomic E-state index is 0.0638. The number of nitro groups is 1. The fourth-order valence-electron chi connectivity index (χ4n) is 1.80. The largest absolute Gasteiger partial charge is 0.269 e. The Bertz CT molecular complexity index is 631. The van der Waals surface area contributed by atoms with Gasteiger partial charge in [-0.25, -0.2) is 0 Å². The fourth-order valence-corrected chi connectivity index (χ4v) is 1.80. The standard InChI is InChI=1S/C16H14N2O2/c1-2-6-16(13-7-4-3-5-8-13)17-14-9-11-15(12-10-14)18(19)20/h2-5,7-12H,1,6H2. The van der Waals surface area contributed by atoms with Crippen LogP contribution in [0.1, 0.15) is 12.0 Å². The second-order valence-electron chi connectivity index (χ2n) is 4.19. The van der Waals surface area contributed by atoms with Crippen molar-refractivity contribution in [2.45, 2.75) is 6.42 Å². The van der Waals surface area contributed by atoms with Gasteiger partial charge in [-0.05, 0) is 17.7 Å². The highest BCUT2D eigenvalue weighted by atomic mass is 16.6. The predicted octanol–water partition coefficient (Wildman–Crippen LogP) is 4.29. The maximum Gasteiger partial charge on any atom is 0.269 e. The van der Waals surface area contributed by atoms with Gasteiger partial charge in [0.25, 0.3) is 5.69 Å². The molecule has 2 aromatic rings. The van der Waals surface area contributed by atoms with Gasteiger partial charge in [0.15, 0.2) is 0 Å². The molecule has 0 spiro atoms. The summed E-state index contributed by atoms with van der Waals surface area (Å²) in [6.45, 7) is 3.73. The molecule has 0 saturated heterocycles. The average Bonchev–Trinajstić information content (AvgIpc) is 2.48. The van der Waals surface area contributed by atoms with Crippen molar-refractivity contribution in [3.05, 3.63) is 82.9 Å². The van der Waals surface area contributed by atoms with Crippen LogP contribution in [0.4, 0.5) is 11.4 Å². The van der Waals surface area contributed by atoms with E-state index in [1.54, 1.807) is 18.2 Å². The number of allylic oxidation sites excluding steroid dienone is 1. The lowest BCUT2D eigenvalue weighted by atomic mass is 10.1. The Kier molecular flexibility index (Phi) is 4.39. The van der Waals surface area contributed by atoms with Gasteiger partial charge in [0.05, 0.1) is 16.3 Å². The zero-order valence-electron chi connectivity index (χ0n) is 10.9. The Morgan fingerprint density at radius 3 is 2.35 bits per heavy atom. The van der Waals surface area contributed by atoms with Crippen molar-refractivity contribution < 1.29 is 4.92 Å². The number of hydrogen-bond donors (Lipinski definition) is 0. The molecule has 0 radical (unpaired) electrons. The van der Waals surface area contributed by atoms with Gasteiger partial charge in [-0.3, -0.25) is 15.1 Å². The first-order valence-electron chi connectivity index (χ1n) is 6.19. The molecule has 4 nitrogen and oxygen atoms in total. The SMILES string of the molecule is C=CCC(=Nc1ccc([N+](=O)[O-])cc1)c1ccccc1. The van der Waals surface area contributed by atoms with Crippen molar-refractivity contribution in [2.24, 2.45) is 4.99 Å². The van der Waals surface area contributed by atoms with Crippen molar-refractivity contribution in [2.75, 3.05) is 0 Å². The van der Waals surface area contributed by atoms with Crippen molar-refractivity contribution in [3.8, 4) is 0 Å². The van der Waals surface area contributed by atoms with Crippen molar-refractivity contribution >= 4 is 17.1 Å². The summed E-state index contributed by atoms with van der Waals surface area (Å²) in [6, 6.07) is 16.0. The van der Waals surface area contributed by atoms with Gasteiger partial charge in [-0.2, -0.15) is 0 Å². The smallest absolute Gasteiger partial charge is 0.258 e. The lowest BCUT2D eigenvalue weighted by molar-refractivity contribution is -0.384. The summed E-state index contributed by atoms with van der Waals surface area (Å²) >= 11 is 0. The molecule has 0 unspecified atom stereocenters. The van der Waals surface area contributed by atoms with E-state index in [1.165, 1.54) is 12.1 Å². The Morgan fingerprint density at radius 1 is 1.15 bits per heavy atom. The molecule has 0 aliphatic heterocycles. The molecule has 100 valence electrons. The normalized spacial score (nSPS) is 11.1. The molecule has 2 aromatic carbocycles. The molecule has 0 aliphatic rings. The monoisotopic (exact) mass is 266 g/mol. The van der Waals surface area contributed by atoms with E-state index >= 15 is 0 Å². The van der Waals surface area contributed by atoms with Crippen LogP contribution in [0.15, 0.2) is 72.2 Å². The molecular weight excluding hydrogens is 252 g/mol. The van der Waals surface area contributed by atoms with Gasteiger partial charge in [0.2, 0.25) is 0 Å². The van der Waals surface area contributed by atoms with Crippen LogP contribution in [-0.4, -0.2) is 10.6 Å². The van der Waals surface area contributed by atoms with Crippen molar-refractivity contribution in [3.63, 3.8) is 0 Å². The first-order chi connectivity index (χ1) is 9.70. The van der Waals surface area contributed by atoms with E-state index in [-0.39, 0.29) is 5.69 Å². The van der Waals surface area contributed by atoms with Gasteiger partial charge in [-0.1, -0.05) is 36.4 Å². The molecule has 4 heteroatoms. The molecule has 0 atom stereocenters. The molecule has 0 amide bonds. The summed E-state index contributed by atoms with van der Waals surface area (Å²) in [5, 5.41) is 10.6. The van der Waals surface area contributed by atoms with Crippen LogP contribution < -0.4 is 0 Å². The lowest BCUT2D eigenvalue weighted by Gasteiger charge is -2.04. The molecule has 0 aliphatic carbocycles. The minimum Gasteiger partial charge on any atom is -0.258 e. The first-order valence-corrected chi connectivity index (χ1v) is 6.19. The van der Waals surface area contributed by atoms with E-state index in [2.05, 4.69) is 11.6 Å². The summed E-state index contributed by atoms with van der Waals surface area (Å²) in [5.41, 5.74) is 2.66. The lowest BCUT2D eigenvalue weighted by Crippen LogP contribution is -1.98.